The maximum atomic E-state index is 12.4. The number of hydrogen-bond donors (Lipinski definition) is 0. The minimum absolute atomic E-state index is 0.131. The first kappa shape index (κ1) is 14.2. The van der Waals surface area contributed by atoms with Crippen molar-refractivity contribution in [3.05, 3.63) is 23.5 Å². The Morgan fingerprint density at radius 2 is 2.32 bits per heavy atom. The van der Waals surface area contributed by atoms with E-state index in [1.165, 1.54) is 0 Å². The highest BCUT2D eigenvalue weighted by molar-refractivity contribution is 7.15. The average molecular weight is 321 g/mol. The second-order valence-corrected chi connectivity index (χ2v) is 6.91. The molecular formula is C15H19N3O3S. The van der Waals surface area contributed by atoms with Crippen molar-refractivity contribution in [2.24, 2.45) is 0 Å². The number of thiazole rings is 1. The Bertz CT molecular complexity index is 659. The SMILES string of the molecule is C[C@@H]1COC2(CCN(C(=O)Cc3cn4ccsc4n3)CC2)O1. The number of rotatable bonds is 2. The molecule has 0 saturated carbocycles. The van der Waals surface area contributed by atoms with E-state index in [2.05, 4.69) is 4.98 Å². The van der Waals surface area contributed by atoms with Crippen molar-refractivity contribution < 1.29 is 14.3 Å². The summed E-state index contributed by atoms with van der Waals surface area (Å²) in [5.41, 5.74) is 0.833. The summed E-state index contributed by atoms with van der Waals surface area (Å²) >= 11 is 1.58. The third-order valence-corrected chi connectivity index (χ3v) is 5.12. The average Bonchev–Trinajstić information content (AvgIpc) is 3.15. The molecule has 0 radical (unpaired) electrons. The van der Waals surface area contributed by atoms with E-state index < -0.39 is 5.79 Å². The fourth-order valence-corrected chi connectivity index (χ4v) is 3.91. The summed E-state index contributed by atoms with van der Waals surface area (Å²) in [6, 6.07) is 0. The van der Waals surface area contributed by atoms with Crippen LogP contribution in [0.1, 0.15) is 25.5 Å². The van der Waals surface area contributed by atoms with E-state index in [0.29, 0.717) is 26.1 Å². The van der Waals surface area contributed by atoms with Crippen LogP contribution < -0.4 is 0 Å². The number of piperidine rings is 1. The van der Waals surface area contributed by atoms with E-state index in [0.717, 1.165) is 23.5 Å². The van der Waals surface area contributed by atoms with Gasteiger partial charge in [0.15, 0.2) is 10.7 Å². The van der Waals surface area contributed by atoms with Gasteiger partial charge in [0.05, 0.1) is 24.8 Å². The molecule has 2 aromatic rings. The van der Waals surface area contributed by atoms with Gasteiger partial charge in [0.1, 0.15) is 0 Å². The van der Waals surface area contributed by atoms with Crippen LogP contribution >= 0.6 is 11.3 Å². The predicted molar refractivity (Wildman–Crippen MR) is 81.8 cm³/mol. The molecule has 4 rings (SSSR count). The maximum absolute atomic E-state index is 12.4. The van der Waals surface area contributed by atoms with Crippen LogP contribution in [-0.4, -0.2) is 51.8 Å². The number of amides is 1. The van der Waals surface area contributed by atoms with Crippen molar-refractivity contribution in [1.82, 2.24) is 14.3 Å². The van der Waals surface area contributed by atoms with Crippen LogP contribution in [0, 0.1) is 0 Å². The summed E-state index contributed by atoms with van der Waals surface area (Å²) in [6.45, 7) is 4.05. The quantitative estimate of drug-likeness (QED) is 0.845. The minimum Gasteiger partial charge on any atom is -0.347 e. The van der Waals surface area contributed by atoms with Crippen LogP contribution in [0.3, 0.4) is 0 Å². The lowest BCUT2D eigenvalue weighted by atomic mass is 10.0. The highest BCUT2D eigenvalue weighted by Gasteiger charge is 2.43. The molecule has 2 aliphatic rings. The first-order chi connectivity index (χ1) is 10.6. The molecule has 2 saturated heterocycles. The van der Waals surface area contributed by atoms with E-state index in [1.54, 1.807) is 11.3 Å². The maximum Gasteiger partial charge on any atom is 0.228 e. The fourth-order valence-electron chi connectivity index (χ4n) is 3.19. The van der Waals surface area contributed by atoms with Crippen LogP contribution in [0.4, 0.5) is 0 Å². The Kier molecular flexibility index (Phi) is 3.43. The van der Waals surface area contributed by atoms with Gasteiger partial charge in [-0.05, 0) is 6.92 Å². The summed E-state index contributed by atoms with van der Waals surface area (Å²) in [6.07, 6.45) is 5.91. The van der Waals surface area contributed by atoms with E-state index in [4.69, 9.17) is 9.47 Å². The predicted octanol–water partition coefficient (Wildman–Crippen LogP) is 1.69. The standard InChI is InChI=1S/C15H19N3O3S/c1-11-10-20-15(21-11)2-4-17(5-3-15)13(19)8-12-9-18-6-7-22-14(18)16-12/h6-7,9,11H,2-5,8,10H2,1H3/t11-/m1/s1. The monoisotopic (exact) mass is 321 g/mol. The third-order valence-electron chi connectivity index (χ3n) is 4.35. The molecular weight excluding hydrogens is 302 g/mol. The van der Waals surface area contributed by atoms with Gasteiger partial charge in [-0.1, -0.05) is 0 Å². The molecule has 0 N–H and O–H groups in total. The lowest BCUT2D eigenvalue weighted by Gasteiger charge is -2.37. The molecule has 0 aliphatic carbocycles. The first-order valence-corrected chi connectivity index (χ1v) is 8.52. The number of imidazole rings is 1. The molecule has 0 aromatic carbocycles. The van der Waals surface area contributed by atoms with Gasteiger partial charge in [-0.15, -0.1) is 11.3 Å². The molecule has 0 bridgehead atoms. The zero-order valence-corrected chi connectivity index (χ0v) is 13.3. The molecule has 118 valence electrons. The van der Waals surface area contributed by atoms with Crippen molar-refractivity contribution in [3.63, 3.8) is 0 Å². The number of likely N-dealkylation sites (tertiary alicyclic amines) is 1. The van der Waals surface area contributed by atoms with Crippen molar-refractivity contribution in [2.45, 2.75) is 38.1 Å². The van der Waals surface area contributed by atoms with Gasteiger partial charge >= 0.3 is 0 Å². The largest absolute Gasteiger partial charge is 0.347 e. The topological polar surface area (TPSA) is 56.1 Å². The lowest BCUT2D eigenvalue weighted by molar-refractivity contribution is -0.194. The normalized spacial score (nSPS) is 24.4. The Hall–Kier alpha value is -1.44. The number of nitrogens with zero attached hydrogens (tertiary/aromatic N) is 3. The second-order valence-electron chi connectivity index (χ2n) is 6.03. The van der Waals surface area contributed by atoms with Gasteiger partial charge in [-0.2, -0.15) is 0 Å². The van der Waals surface area contributed by atoms with E-state index in [1.807, 2.05) is 34.0 Å². The number of aromatic nitrogens is 2. The summed E-state index contributed by atoms with van der Waals surface area (Å²) in [5, 5.41) is 1.99. The fraction of sp³-hybridized carbons (Fsp3) is 0.600. The molecule has 7 heteroatoms. The summed E-state index contributed by atoms with van der Waals surface area (Å²) in [7, 11) is 0. The molecule has 2 fully saturated rings. The number of fused-ring (bicyclic) bond motifs is 1. The van der Waals surface area contributed by atoms with Crippen LogP contribution in [0.5, 0.6) is 0 Å². The minimum atomic E-state index is -0.451. The van der Waals surface area contributed by atoms with Crippen molar-refractivity contribution in [3.8, 4) is 0 Å². The molecule has 0 unspecified atom stereocenters. The Labute approximate surface area is 132 Å². The van der Waals surface area contributed by atoms with E-state index >= 15 is 0 Å². The third kappa shape index (κ3) is 2.53. The van der Waals surface area contributed by atoms with Crippen LogP contribution in [0.15, 0.2) is 17.8 Å². The Balaban J connectivity index is 1.37. The number of ether oxygens (including phenoxy) is 2. The number of hydrogen-bond acceptors (Lipinski definition) is 5. The molecule has 2 aromatic heterocycles. The lowest BCUT2D eigenvalue weighted by Crippen LogP contribution is -2.47. The van der Waals surface area contributed by atoms with Gasteiger partial charge < -0.3 is 14.4 Å². The van der Waals surface area contributed by atoms with E-state index in [-0.39, 0.29) is 12.0 Å². The highest BCUT2D eigenvalue weighted by Crippen LogP contribution is 2.34. The molecule has 1 atom stereocenters. The zero-order valence-electron chi connectivity index (χ0n) is 12.5. The Morgan fingerprint density at radius 1 is 1.50 bits per heavy atom. The molecule has 22 heavy (non-hydrogen) atoms. The number of carbonyl (C=O) groups is 1. The smallest absolute Gasteiger partial charge is 0.228 e. The van der Waals surface area contributed by atoms with Crippen LogP contribution in [0.2, 0.25) is 0 Å². The van der Waals surface area contributed by atoms with Gasteiger partial charge in [-0.3, -0.25) is 9.20 Å². The van der Waals surface area contributed by atoms with Crippen molar-refractivity contribution in [2.75, 3.05) is 19.7 Å². The zero-order chi connectivity index (χ0) is 15.2. The highest BCUT2D eigenvalue weighted by atomic mass is 32.1. The molecule has 1 amide bonds. The number of carbonyl (C=O) groups excluding carboxylic acids is 1. The Morgan fingerprint density at radius 3 is 3.00 bits per heavy atom. The van der Waals surface area contributed by atoms with Gasteiger partial charge in [0.25, 0.3) is 0 Å². The van der Waals surface area contributed by atoms with Gasteiger partial charge in [0, 0.05) is 43.7 Å². The molecule has 2 aliphatic heterocycles. The molecule has 1 spiro atoms. The van der Waals surface area contributed by atoms with Gasteiger partial charge in [0.2, 0.25) is 5.91 Å². The van der Waals surface area contributed by atoms with Crippen LogP contribution in [0.25, 0.3) is 4.96 Å². The van der Waals surface area contributed by atoms with Crippen LogP contribution in [-0.2, 0) is 20.7 Å². The summed E-state index contributed by atoms with van der Waals surface area (Å²) in [4.78, 5) is 19.7. The summed E-state index contributed by atoms with van der Waals surface area (Å²) in [5.74, 6) is -0.320. The second kappa shape index (κ2) is 5.33. The summed E-state index contributed by atoms with van der Waals surface area (Å²) < 4.78 is 13.6. The van der Waals surface area contributed by atoms with Gasteiger partial charge in [-0.25, -0.2) is 4.98 Å². The first-order valence-electron chi connectivity index (χ1n) is 7.64. The van der Waals surface area contributed by atoms with Crippen molar-refractivity contribution >= 4 is 22.2 Å². The molecule has 4 heterocycles. The molecule has 6 nitrogen and oxygen atoms in total. The van der Waals surface area contributed by atoms with Crippen molar-refractivity contribution in [1.29, 1.82) is 0 Å². The van der Waals surface area contributed by atoms with E-state index in [9.17, 15) is 4.79 Å².